The van der Waals surface area contributed by atoms with Crippen molar-refractivity contribution in [1.82, 2.24) is 9.55 Å². The number of benzene rings is 1. The molecule has 0 aliphatic heterocycles. The summed E-state index contributed by atoms with van der Waals surface area (Å²) in [5.41, 5.74) is 7.99. The van der Waals surface area contributed by atoms with E-state index < -0.39 is 0 Å². The highest BCUT2D eigenvalue weighted by atomic mass is 35.5. The third-order valence-electron chi connectivity index (χ3n) is 3.45. The first-order valence-electron chi connectivity index (χ1n) is 6.44. The summed E-state index contributed by atoms with van der Waals surface area (Å²) < 4.78 is 2.24. The average Bonchev–Trinajstić information content (AvgIpc) is 2.66. The molecule has 2 N–H and O–H groups in total. The Labute approximate surface area is 113 Å². The topological polar surface area (TPSA) is 43.8 Å². The Morgan fingerprint density at radius 3 is 2.67 bits per heavy atom. The van der Waals surface area contributed by atoms with Gasteiger partial charge in [-0.05, 0) is 31.0 Å². The minimum atomic E-state index is 0.288. The lowest BCUT2D eigenvalue weighted by Gasteiger charge is -2.19. The fourth-order valence-corrected chi connectivity index (χ4v) is 2.58. The molecule has 98 valence electrons. The van der Waals surface area contributed by atoms with Crippen molar-refractivity contribution in [2.45, 2.75) is 33.2 Å². The molecule has 0 saturated carbocycles. The van der Waals surface area contributed by atoms with Gasteiger partial charge in [0.25, 0.3) is 0 Å². The van der Waals surface area contributed by atoms with Crippen LogP contribution in [0.3, 0.4) is 0 Å². The van der Waals surface area contributed by atoms with Gasteiger partial charge in [0.15, 0.2) is 0 Å². The first kappa shape index (κ1) is 13.4. The summed E-state index contributed by atoms with van der Waals surface area (Å²) in [6.07, 6.45) is 0. The number of hydrogen-bond donors (Lipinski definition) is 1. The number of halogens is 1. The number of nitrogens with zero attached hydrogens (tertiary/aromatic N) is 2. The van der Waals surface area contributed by atoms with E-state index in [0.717, 1.165) is 28.4 Å². The van der Waals surface area contributed by atoms with Crippen molar-refractivity contribution in [3.05, 3.63) is 29.0 Å². The normalized spacial score (nSPS) is 13.4. The van der Waals surface area contributed by atoms with E-state index in [9.17, 15) is 0 Å². The molecule has 0 amide bonds. The molecule has 0 radical (unpaired) electrons. The molecule has 0 saturated heterocycles. The molecule has 1 unspecified atom stereocenters. The van der Waals surface area contributed by atoms with Crippen LogP contribution in [0.25, 0.3) is 11.0 Å². The van der Waals surface area contributed by atoms with E-state index in [-0.39, 0.29) is 5.92 Å². The first-order valence-corrected chi connectivity index (χ1v) is 6.82. The number of rotatable bonds is 4. The summed E-state index contributed by atoms with van der Waals surface area (Å²) >= 11 is 6.03. The van der Waals surface area contributed by atoms with Crippen molar-refractivity contribution in [2.75, 3.05) is 6.54 Å². The monoisotopic (exact) mass is 265 g/mol. The molecule has 1 aromatic carbocycles. The Hall–Kier alpha value is -1.06. The molecule has 0 fully saturated rings. The van der Waals surface area contributed by atoms with E-state index in [1.54, 1.807) is 0 Å². The molecule has 1 atom stereocenters. The molecule has 2 aromatic rings. The maximum absolute atomic E-state index is 6.03. The van der Waals surface area contributed by atoms with E-state index in [1.165, 1.54) is 0 Å². The summed E-state index contributed by atoms with van der Waals surface area (Å²) in [6.45, 7) is 8.02. The van der Waals surface area contributed by atoms with Crippen LogP contribution in [0.15, 0.2) is 18.2 Å². The second-order valence-corrected chi connectivity index (χ2v) is 5.37. The number of aryl methyl sites for hydroxylation is 1. The van der Waals surface area contributed by atoms with Crippen LogP contribution in [0.4, 0.5) is 0 Å². The second kappa shape index (κ2) is 5.29. The quantitative estimate of drug-likeness (QED) is 0.921. The van der Waals surface area contributed by atoms with Gasteiger partial charge in [-0.15, -0.1) is 0 Å². The second-order valence-electron chi connectivity index (χ2n) is 4.93. The van der Waals surface area contributed by atoms with E-state index in [0.29, 0.717) is 12.5 Å². The van der Waals surface area contributed by atoms with Crippen LogP contribution >= 0.6 is 11.6 Å². The van der Waals surface area contributed by atoms with Gasteiger partial charge in [-0.25, -0.2) is 4.98 Å². The minimum absolute atomic E-state index is 0.288. The van der Waals surface area contributed by atoms with E-state index in [1.807, 2.05) is 18.2 Å². The minimum Gasteiger partial charge on any atom is -0.330 e. The zero-order valence-corrected chi connectivity index (χ0v) is 11.9. The van der Waals surface area contributed by atoms with Crippen LogP contribution in [-0.4, -0.2) is 16.1 Å². The molecule has 0 bridgehead atoms. The zero-order chi connectivity index (χ0) is 13.3. The van der Waals surface area contributed by atoms with Crippen LogP contribution in [0.1, 0.15) is 32.5 Å². The van der Waals surface area contributed by atoms with Gasteiger partial charge in [0.2, 0.25) is 0 Å². The third-order valence-corrected chi connectivity index (χ3v) is 3.68. The highest BCUT2D eigenvalue weighted by Gasteiger charge is 2.21. The molecule has 18 heavy (non-hydrogen) atoms. The molecule has 2 rings (SSSR count). The Kier molecular flexibility index (Phi) is 3.93. The maximum Gasteiger partial charge on any atom is 0.114 e. The van der Waals surface area contributed by atoms with Crippen molar-refractivity contribution in [3.8, 4) is 0 Å². The predicted molar refractivity (Wildman–Crippen MR) is 77.1 cm³/mol. The lowest BCUT2D eigenvalue weighted by atomic mass is 9.95. The van der Waals surface area contributed by atoms with Crippen LogP contribution in [0, 0.1) is 5.92 Å². The molecule has 0 aliphatic rings. The number of nitrogens with two attached hydrogens (primary N) is 1. The van der Waals surface area contributed by atoms with E-state index in [4.69, 9.17) is 22.3 Å². The molecule has 1 aromatic heterocycles. The molecule has 0 aliphatic carbocycles. The summed E-state index contributed by atoms with van der Waals surface area (Å²) in [5.74, 6) is 1.84. The van der Waals surface area contributed by atoms with Gasteiger partial charge in [0.05, 0.1) is 11.0 Å². The lowest BCUT2D eigenvalue weighted by molar-refractivity contribution is 0.467. The molecule has 4 heteroatoms. The van der Waals surface area contributed by atoms with Gasteiger partial charge in [0, 0.05) is 24.0 Å². The van der Waals surface area contributed by atoms with Gasteiger partial charge in [0.1, 0.15) is 5.82 Å². The number of fused-ring (bicyclic) bond motifs is 1. The highest BCUT2D eigenvalue weighted by molar-refractivity contribution is 6.31. The summed E-state index contributed by atoms with van der Waals surface area (Å²) in [4.78, 5) is 4.74. The standard InChI is InChI=1S/C14H20ClN3/c1-4-18-13-6-5-10(15)7-12(13)17-14(18)11(8-16)9(2)3/h5-7,9,11H,4,8,16H2,1-3H3. The largest absolute Gasteiger partial charge is 0.330 e. The molecular formula is C14H20ClN3. The van der Waals surface area contributed by atoms with Crippen LogP contribution in [-0.2, 0) is 6.54 Å². The molecule has 0 spiro atoms. The fraction of sp³-hybridized carbons (Fsp3) is 0.500. The molecule has 1 heterocycles. The Bertz CT molecular complexity index is 545. The van der Waals surface area contributed by atoms with Crippen LogP contribution in [0.5, 0.6) is 0 Å². The summed E-state index contributed by atoms with van der Waals surface area (Å²) in [7, 11) is 0. The maximum atomic E-state index is 6.03. The smallest absolute Gasteiger partial charge is 0.114 e. The lowest BCUT2D eigenvalue weighted by Crippen LogP contribution is -2.21. The van der Waals surface area contributed by atoms with Gasteiger partial charge in [-0.3, -0.25) is 0 Å². The van der Waals surface area contributed by atoms with Crippen molar-refractivity contribution >= 4 is 22.6 Å². The van der Waals surface area contributed by atoms with Gasteiger partial charge in [-0.1, -0.05) is 25.4 Å². The Morgan fingerprint density at radius 2 is 2.11 bits per heavy atom. The van der Waals surface area contributed by atoms with Crippen molar-refractivity contribution in [3.63, 3.8) is 0 Å². The van der Waals surface area contributed by atoms with E-state index in [2.05, 4.69) is 25.3 Å². The number of hydrogen-bond acceptors (Lipinski definition) is 2. The van der Waals surface area contributed by atoms with Crippen LogP contribution in [0.2, 0.25) is 5.02 Å². The van der Waals surface area contributed by atoms with Crippen molar-refractivity contribution in [2.24, 2.45) is 11.7 Å². The predicted octanol–water partition coefficient (Wildman–Crippen LogP) is 3.41. The van der Waals surface area contributed by atoms with Gasteiger partial charge >= 0.3 is 0 Å². The van der Waals surface area contributed by atoms with Gasteiger partial charge < -0.3 is 10.3 Å². The van der Waals surface area contributed by atoms with Crippen molar-refractivity contribution in [1.29, 1.82) is 0 Å². The third kappa shape index (κ3) is 2.25. The summed E-state index contributed by atoms with van der Waals surface area (Å²) in [6, 6.07) is 5.86. The summed E-state index contributed by atoms with van der Waals surface area (Å²) in [5, 5.41) is 0.726. The fourth-order valence-electron chi connectivity index (χ4n) is 2.41. The zero-order valence-electron chi connectivity index (χ0n) is 11.2. The first-order chi connectivity index (χ1) is 8.58. The average molecular weight is 266 g/mol. The number of imidazole rings is 1. The van der Waals surface area contributed by atoms with Gasteiger partial charge in [-0.2, -0.15) is 0 Å². The highest BCUT2D eigenvalue weighted by Crippen LogP contribution is 2.28. The molecular weight excluding hydrogens is 246 g/mol. The Morgan fingerprint density at radius 1 is 1.39 bits per heavy atom. The SMILES string of the molecule is CCn1c(C(CN)C(C)C)nc2cc(Cl)ccc21. The van der Waals surface area contributed by atoms with E-state index >= 15 is 0 Å². The Balaban J connectivity index is 2.62. The van der Waals surface area contributed by atoms with Crippen LogP contribution < -0.4 is 5.73 Å². The molecule has 3 nitrogen and oxygen atoms in total. The number of aromatic nitrogens is 2. The van der Waals surface area contributed by atoms with Crippen molar-refractivity contribution < 1.29 is 0 Å².